The summed E-state index contributed by atoms with van der Waals surface area (Å²) in [4.78, 5) is 4.59. The Hall–Kier alpha value is -2.29. The molecule has 0 spiro atoms. The standard InChI is InChI=1S/C17H19NO2/c1-12-6-5-7-13(2)17(12)18-11-14-8-9-15(19-3)10-16(14)20-4/h5-11H,1-4H3. The fraction of sp³-hybridized carbons (Fsp3) is 0.235. The van der Waals surface area contributed by atoms with E-state index >= 15 is 0 Å². The van der Waals surface area contributed by atoms with Gasteiger partial charge in [0.25, 0.3) is 0 Å². The summed E-state index contributed by atoms with van der Waals surface area (Å²) in [7, 11) is 3.28. The van der Waals surface area contributed by atoms with E-state index in [1.807, 2.05) is 30.5 Å². The quantitative estimate of drug-likeness (QED) is 0.783. The smallest absolute Gasteiger partial charge is 0.131 e. The van der Waals surface area contributed by atoms with Gasteiger partial charge in [0.05, 0.1) is 19.9 Å². The van der Waals surface area contributed by atoms with Crippen molar-refractivity contribution in [1.29, 1.82) is 0 Å². The highest BCUT2D eigenvalue weighted by Crippen LogP contribution is 2.26. The third kappa shape index (κ3) is 2.99. The number of nitrogens with zero attached hydrogens (tertiary/aromatic N) is 1. The summed E-state index contributed by atoms with van der Waals surface area (Å²) in [5, 5.41) is 0. The van der Waals surface area contributed by atoms with Crippen molar-refractivity contribution in [3.8, 4) is 11.5 Å². The minimum absolute atomic E-state index is 0.749. The maximum Gasteiger partial charge on any atom is 0.131 e. The largest absolute Gasteiger partial charge is 0.497 e. The van der Waals surface area contributed by atoms with E-state index in [4.69, 9.17) is 9.47 Å². The molecule has 0 bridgehead atoms. The van der Waals surface area contributed by atoms with E-state index < -0.39 is 0 Å². The molecule has 0 amide bonds. The lowest BCUT2D eigenvalue weighted by Gasteiger charge is -2.08. The lowest BCUT2D eigenvalue weighted by molar-refractivity contribution is 0.394. The third-order valence-electron chi connectivity index (χ3n) is 3.21. The number of ether oxygens (including phenoxy) is 2. The summed E-state index contributed by atoms with van der Waals surface area (Å²) in [6.07, 6.45) is 1.83. The molecule has 0 aliphatic rings. The van der Waals surface area contributed by atoms with Gasteiger partial charge in [-0.25, -0.2) is 0 Å². The van der Waals surface area contributed by atoms with Crippen molar-refractivity contribution in [2.45, 2.75) is 13.8 Å². The van der Waals surface area contributed by atoms with Gasteiger partial charge in [-0.05, 0) is 37.1 Å². The zero-order valence-electron chi connectivity index (χ0n) is 12.3. The molecule has 0 heterocycles. The highest BCUT2D eigenvalue weighted by Gasteiger charge is 2.04. The van der Waals surface area contributed by atoms with E-state index in [-0.39, 0.29) is 0 Å². The molecule has 2 aromatic rings. The van der Waals surface area contributed by atoms with Crippen LogP contribution in [0.5, 0.6) is 11.5 Å². The van der Waals surface area contributed by atoms with Crippen LogP contribution >= 0.6 is 0 Å². The van der Waals surface area contributed by atoms with Crippen LogP contribution in [0.2, 0.25) is 0 Å². The number of hydrogen-bond acceptors (Lipinski definition) is 3. The SMILES string of the molecule is COc1ccc(C=Nc2c(C)cccc2C)c(OC)c1. The van der Waals surface area contributed by atoms with Crippen molar-refractivity contribution >= 4 is 11.9 Å². The molecule has 0 fully saturated rings. The zero-order chi connectivity index (χ0) is 14.5. The van der Waals surface area contributed by atoms with Crippen LogP contribution in [0.3, 0.4) is 0 Å². The van der Waals surface area contributed by atoms with Crippen LogP contribution in [0.25, 0.3) is 0 Å². The van der Waals surface area contributed by atoms with Crippen LogP contribution in [0, 0.1) is 13.8 Å². The van der Waals surface area contributed by atoms with Gasteiger partial charge >= 0.3 is 0 Å². The number of benzene rings is 2. The highest BCUT2D eigenvalue weighted by molar-refractivity contribution is 5.86. The second-order valence-electron chi connectivity index (χ2n) is 4.61. The Morgan fingerprint density at radius 1 is 0.950 bits per heavy atom. The Kier molecular flexibility index (Phi) is 4.41. The van der Waals surface area contributed by atoms with Crippen molar-refractivity contribution in [2.24, 2.45) is 4.99 Å². The molecule has 0 radical (unpaired) electrons. The first-order valence-electron chi connectivity index (χ1n) is 6.48. The van der Waals surface area contributed by atoms with Crippen LogP contribution < -0.4 is 9.47 Å². The predicted octanol–water partition coefficient (Wildman–Crippen LogP) is 4.07. The van der Waals surface area contributed by atoms with Gasteiger partial charge < -0.3 is 9.47 Å². The summed E-state index contributed by atoms with van der Waals surface area (Å²) >= 11 is 0. The maximum atomic E-state index is 5.37. The number of hydrogen-bond donors (Lipinski definition) is 0. The van der Waals surface area contributed by atoms with Crippen LogP contribution in [-0.4, -0.2) is 20.4 Å². The van der Waals surface area contributed by atoms with Crippen molar-refractivity contribution in [3.05, 3.63) is 53.1 Å². The van der Waals surface area contributed by atoms with Gasteiger partial charge in [0.15, 0.2) is 0 Å². The Morgan fingerprint density at radius 3 is 2.25 bits per heavy atom. The molecule has 3 nitrogen and oxygen atoms in total. The van der Waals surface area contributed by atoms with Crippen molar-refractivity contribution < 1.29 is 9.47 Å². The fourth-order valence-corrected chi connectivity index (χ4v) is 2.07. The van der Waals surface area contributed by atoms with E-state index in [1.54, 1.807) is 14.2 Å². The van der Waals surface area contributed by atoms with Gasteiger partial charge in [-0.3, -0.25) is 4.99 Å². The summed E-state index contributed by atoms with van der Waals surface area (Å²) in [5.74, 6) is 1.52. The average molecular weight is 269 g/mol. The molecule has 20 heavy (non-hydrogen) atoms. The number of aliphatic imine (C=N–C) groups is 1. The Bertz CT molecular complexity index is 613. The topological polar surface area (TPSA) is 30.8 Å². The third-order valence-corrected chi connectivity index (χ3v) is 3.21. The molecule has 0 saturated carbocycles. The lowest BCUT2D eigenvalue weighted by Crippen LogP contribution is -1.92. The molecule has 0 aromatic heterocycles. The first kappa shape index (κ1) is 14.1. The minimum Gasteiger partial charge on any atom is -0.497 e. The van der Waals surface area contributed by atoms with E-state index in [2.05, 4.69) is 31.0 Å². The van der Waals surface area contributed by atoms with E-state index in [9.17, 15) is 0 Å². The first-order valence-corrected chi connectivity index (χ1v) is 6.48. The highest BCUT2D eigenvalue weighted by atomic mass is 16.5. The number of rotatable bonds is 4. The maximum absolute atomic E-state index is 5.37. The van der Waals surface area contributed by atoms with E-state index in [0.717, 1.165) is 33.9 Å². The molecule has 0 aliphatic carbocycles. The first-order chi connectivity index (χ1) is 9.65. The Morgan fingerprint density at radius 2 is 1.65 bits per heavy atom. The van der Waals surface area contributed by atoms with Crippen molar-refractivity contribution in [2.75, 3.05) is 14.2 Å². The monoisotopic (exact) mass is 269 g/mol. The molecule has 3 heteroatoms. The van der Waals surface area contributed by atoms with E-state index in [0.29, 0.717) is 0 Å². The second kappa shape index (κ2) is 6.24. The van der Waals surface area contributed by atoms with Gasteiger partial charge in [-0.15, -0.1) is 0 Å². The van der Waals surface area contributed by atoms with Crippen molar-refractivity contribution in [1.82, 2.24) is 0 Å². The summed E-state index contributed by atoms with van der Waals surface area (Å²) in [5.41, 5.74) is 4.25. The summed E-state index contributed by atoms with van der Waals surface area (Å²) in [6.45, 7) is 4.12. The van der Waals surface area contributed by atoms with Gasteiger partial charge in [0.2, 0.25) is 0 Å². The lowest BCUT2D eigenvalue weighted by atomic mass is 10.1. The second-order valence-corrected chi connectivity index (χ2v) is 4.61. The van der Waals surface area contributed by atoms with Gasteiger partial charge in [0.1, 0.15) is 11.5 Å². The molecular formula is C17H19NO2. The van der Waals surface area contributed by atoms with Gasteiger partial charge in [-0.2, -0.15) is 0 Å². The predicted molar refractivity (Wildman–Crippen MR) is 82.7 cm³/mol. The molecule has 0 aliphatic heterocycles. The van der Waals surface area contributed by atoms with Crippen molar-refractivity contribution in [3.63, 3.8) is 0 Å². The normalized spacial score (nSPS) is 10.8. The number of aryl methyl sites for hydroxylation is 2. The Balaban J connectivity index is 2.36. The van der Waals surface area contributed by atoms with Crippen LogP contribution in [0.4, 0.5) is 5.69 Å². The molecule has 2 rings (SSSR count). The molecular weight excluding hydrogens is 250 g/mol. The average Bonchev–Trinajstić information content (AvgIpc) is 2.46. The zero-order valence-corrected chi connectivity index (χ0v) is 12.3. The van der Waals surface area contributed by atoms with Crippen LogP contribution in [0.15, 0.2) is 41.4 Å². The Labute approximate surface area is 119 Å². The van der Waals surface area contributed by atoms with E-state index in [1.165, 1.54) is 0 Å². The molecule has 104 valence electrons. The molecule has 0 atom stereocenters. The summed E-state index contributed by atoms with van der Waals surface area (Å²) in [6, 6.07) is 11.9. The van der Waals surface area contributed by atoms with Gasteiger partial charge in [0, 0.05) is 17.8 Å². The summed E-state index contributed by atoms with van der Waals surface area (Å²) < 4.78 is 10.6. The van der Waals surface area contributed by atoms with Crippen LogP contribution in [0.1, 0.15) is 16.7 Å². The molecule has 0 saturated heterocycles. The number of methoxy groups -OCH3 is 2. The van der Waals surface area contributed by atoms with Crippen LogP contribution in [-0.2, 0) is 0 Å². The molecule has 2 aromatic carbocycles. The fourth-order valence-electron chi connectivity index (χ4n) is 2.07. The van der Waals surface area contributed by atoms with Gasteiger partial charge in [-0.1, -0.05) is 18.2 Å². The minimum atomic E-state index is 0.749. The molecule has 0 unspecified atom stereocenters. The molecule has 0 N–H and O–H groups in total. The number of para-hydroxylation sites is 1.